The van der Waals surface area contributed by atoms with E-state index in [-0.39, 0.29) is 5.69 Å². The highest BCUT2D eigenvalue weighted by Crippen LogP contribution is 2.26. The van der Waals surface area contributed by atoms with Gasteiger partial charge in [-0.2, -0.15) is 4.98 Å². The molecule has 1 aliphatic heterocycles. The Balaban J connectivity index is 2.03. The molecule has 1 aliphatic rings. The van der Waals surface area contributed by atoms with Crippen molar-refractivity contribution < 1.29 is 0 Å². The van der Waals surface area contributed by atoms with Gasteiger partial charge in [-0.15, -0.1) is 0 Å². The monoisotopic (exact) mass is 276 g/mol. The number of H-pyrrole nitrogens is 1. The number of nitrogens with zero attached hydrogens (tertiary/aromatic N) is 1. The van der Waals surface area contributed by atoms with Gasteiger partial charge in [0.25, 0.3) is 0 Å². The number of aromatic amines is 1. The summed E-state index contributed by atoms with van der Waals surface area (Å²) in [6, 6.07) is 7.39. The van der Waals surface area contributed by atoms with E-state index >= 15 is 0 Å². The summed E-state index contributed by atoms with van der Waals surface area (Å²) in [7, 11) is 0. The molecule has 0 atom stereocenters. The molecule has 5 nitrogen and oxygen atoms in total. The van der Waals surface area contributed by atoms with Crippen molar-refractivity contribution in [1.82, 2.24) is 15.3 Å². The second-order valence-electron chi connectivity index (χ2n) is 4.38. The first-order valence-corrected chi connectivity index (χ1v) is 6.46. The van der Waals surface area contributed by atoms with Gasteiger partial charge in [-0.25, -0.2) is 4.79 Å². The van der Waals surface area contributed by atoms with Gasteiger partial charge in [0.05, 0.1) is 10.7 Å². The van der Waals surface area contributed by atoms with Crippen LogP contribution < -0.4 is 16.3 Å². The van der Waals surface area contributed by atoms with E-state index in [0.29, 0.717) is 17.4 Å². The number of fused-ring (bicyclic) bond motifs is 1. The van der Waals surface area contributed by atoms with Crippen LogP contribution in [0.2, 0.25) is 5.02 Å². The third-order valence-electron chi connectivity index (χ3n) is 3.10. The van der Waals surface area contributed by atoms with Gasteiger partial charge in [0, 0.05) is 30.8 Å². The van der Waals surface area contributed by atoms with Crippen molar-refractivity contribution in [1.29, 1.82) is 0 Å². The van der Waals surface area contributed by atoms with Crippen LogP contribution in [0.15, 0.2) is 29.1 Å². The SMILES string of the molecule is O=c1nc(Nc2ccccc2Cl)c2c([nH]1)CCNC2. The summed E-state index contributed by atoms with van der Waals surface area (Å²) in [4.78, 5) is 18.4. The van der Waals surface area contributed by atoms with Crippen LogP contribution in [0, 0.1) is 0 Å². The van der Waals surface area contributed by atoms with E-state index in [1.807, 2.05) is 18.2 Å². The number of anilines is 2. The first kappa shape index (κ1) is 12.2. The van der Waals surface area contributed by atoms with Gasteiger partial charge in [-0.3, -0.25) is 0 Å². The van der Waals surface area contributed by atoms with Crippen molar-refractivity contribution in [3.8, 4) is 0 Å². The number of hydrogen-bond acceptors (Lipinski definition) is 4. The van der Waals surface area contributed by atoms with E-state index in [1.165, 1.54) is 0 Å². The van der Waals surface area contributed by atoms with Crippen molar-refractivity contribution in [2.45, 2.75) is 13.0 Å². The molecule has 98 valence electrons. The first-order chi connectivity index (χ1) is 9.24. The van der Waals surface area contributed by atoms with Crippen LogP contribution in [0.3, 0.4) is 0 Å². The Kier molecular flexibility index (Phi) is 3.23. The molecule has 2 heterocycles. The summed E-state index contributed by atoms with van der Waals surface area (Å²) in [6.45, 7) is 1.55. The Morgan fingerprint density at radius 3 is 3.00 bits per heavy atom. The number of hydrogen-bond donors (Lipinski definition) is 3. The molecule has 2 aromatic rings. The van der Waals surface area contributed by atoms with Crippen molar-refractivity contribution in [3.63, 3.8) is 0 Å². The van der Waals surface area contributed by atoms with Gasteiger partial charge in [-0.05, 0) is 12.1 Å². The average molecular weight is 277 g/mol. The highest BCUT2D eigenvalue weighted by molar-refractivity contribution is 6.33. The van der Waals surface area contributed by atoms with E-state index in [2.05, 4.69) is 20.6 Å². The third-order valence-corrected chi connectivity index (χ3v) is 3.43. The van der Waals surface area contributed by atoms with E-state index in [4.69, 9.17) is 11.6 Å². The Labute approximate surface area is 115 Å². The molecule has 19 heavy (non-hydrogen) atoms. The molecule has 6 heteroatoms. The minimum atomic E-state index is -0.338. The van der Waals surface area contributed by atoms with E-state index in [0.717, 1.165) is 29.9 Å². The summed E-state index contributed by atoms with van der Waals surface area (Å²) >= 11 is 6.11. The molecule has 0 radical (unpaired) electrons. The molecule has 0 amide bonds. The van der Waals surface area contributed by atoms with Gasteiger partial charge in [-0.1, -0.05) is 23.7 Å². The fraction of sp³-hybridized carbons (Fsp3) is 0.231. The van der Waals surface area contributed by atoms with E-state index in [1.54, 1.807) is 6.07 Å². The number of para-hydroxylation sites is 1. The number of halogens is 1. The van der Waals surface area contributed by atoms with Crippen molar-refractivity contribution >= 4 is 23.1 Å². The summed E-state index contributed by atoms with van der Waals surface area (Å²) in [5.41, 5.74) is 2.34. The molecule has 0 bridgehead atoms. The maximum Gasteiger partial charge on any atom is 0.347 e. The lowest BCUT2D eigenvalue weighted by molar-refractivity contribution is 0.624. The van der Waals surface area contributed by atoms with Crippen molar-refractivity contribution in [2.75, 3.05) is 11.9 Å². The molecule has 0 unspecified atom stereocenters. The predicted molar refractivity (Wildman–Crippen MR) is 75.0 cm³/mol. The molecule has 0 spiro atoms. The zero-order valence-corrected chi connectivity index (χ0v) is 10.9. The highest BCUT2D eigenvalue weighted by Gasteiger charge is 2.16. The van der Waals surface area contributed by atoms with Gasteiger partial charge in [0.15, 0.2) is 0 Å². The summed E-state index contributed by atoms with van der Waals surface area (Å²) in [5, 5.41) is 7.00. The Bertz CT molecular complexity index is 668. The fourth-order valence-corrected chi connectivity index (χ4v) is 2.35. The Morgan fingerprint density at radius 2 is 2.16 bits per heavy atom. The molecule has 0 aliphatic carbocycles. The van der Waals surface area contributed by atoms with Gasteiger partial charge in [0.1, 0.15) is 5.82 Å². The van der Waals surface area contributed by atoms with Gasteiger partial charge >= 0.3 is 5.69 Å². The summed E-state index contributed by atoms with van der Waals surface area (Å²) < 4.78 is 0. The minimum Gasteiger partial charge on any atom is -0.339 e. The topological polar surface area (TPSA) is 69.8 Å². The predicted octanol–water partition coefficient (Wildman–Crippen LogP) is 1.81. The van der Waals surface area contributed by atoms with Gasteiger partial charge < -0.3 is 15.6 Å². The lowest BCUT2D eigenvalue weighted by Crippen LogP contribution is -2.29. The average Bonchev–Trinajstić information content (AvgIpc) is 2.41. The molecule has 0 saturated carbocycles. The smallest absolute Gasteiger partial charge is 0.339 e. The number of aromatic nitrogens is 2. The molecular formula is C13H13ClN4O. The standard InChI is InChI=1S/C13H13ClN4O/c14-9-3-1-2-4-11(9)16-12-8-7-15-6-5-10(8)17-13(19)18-12/h1-4,15H,5-7H2,(H2,16,17,18,19). The Morgan fingerprint density at radius 1 is 1.32 bits per heavy atom. The molecule has 3 rings (SSSR count). The molecular weight excluding hydrogens is 264 g/mol. The molecule has 1 aromatic heterocycles. The van der Waals surface area contributed by atoms with Crippen LogP contribution in [0.4, 0.5) is 11.5 Å². The minimum absolute atomic E-state index is 0.338. The quantitative estimate of drug-likeness (QED) is 0.782. The van der Waals surface area contributed by atoms with Crippen LogP contribution in [0.25, 0.3) is 0 Å². The second-order valence-corrected chi connectivity index (χ2v) is 4.79. The highest BCUT2D eigenvalue weighted by atomic mass is 35.5. The van der Waals surface area contributed by atoms with E-state index < -0.39 is 0 Å². The first-order valence-electron chi connectivity index (χ1n) is 6.08. The van der Waals surface area contributed by atoms with E-state index in [9.17, 15) is 4.79 Å². The van der Waals surface area contributed by atoms with Crippen molar-refractivity contribution in [3.05, 3.63) is 51.0 Å². The fourth-order valence-electron chi connectivity index (χ4n) is 2.17. The summed E-state index contributed by atoms with van der Waals surface area (Å²) in [5.74, 6) is 0.569. The third kappa shape index (κ3) is 2.47. The van der Waals surface area contributed by atoms with Crippen LogP contribution in [-0.2, 0) is 13.0 Å². The number of nitrogens with one attached hydrogen (secondary N) is 3. The van der Waals surface area contributed by atoms with Crippen molar-refractivity contribution in [2.24, 2.45) is 0 Å². The number of rotatable bonds is 2. The lowest BCUT2D eigenvalue weighted by Gasteiger charge is -2.19. The van der Waals surface area contributed by atoms with Gasteiger partial charge in [0.2, 0.25) is 0 Å². The van der Waals surface area contributed by atoms with Crippen LogP contribution >= 0.6 is 11.6 Å². The molecule has 0 saturated heterocycles. The van der Waals surface area contributed by atoms with Crippen LogP contribution in [0.5, 0.6) is 0 Å². The zero-order chi connectivity index (χ0) is 13.2. The molecule has 0 fully saturated rings. The Hall–Kier alpha value is -1.85. The maximum atomic E-state index is 11.6. The maximum absolute atomic E-state index is 11.6. The van der Waals surface area contributed by atoms with Crippen LogP contribution in [0.1, 0.15) is 11.3 Å². The zero-order valence-electron chi connectivity index (χ0n) is 10.2. The van der Waals surface area contributed by atoms with Crippen LogP contribution in [-0.4, -0.2) is 16.5 Å². The second kappa shape index (κ2) is 5.03. The molecule has 3 N–H and O–H groups in total. The largest absolute Gasteiger partial charge is 0.347 e. The molecule has 1 aromatic carbocycles. The number of benzene rings is 1. The lowest BCUT2D eigenvalue weighted by atomic mass is 10.1. The normalized spacial score (nSPS) is 13.9. The summed E-state index contributed by atoms with van der Waals surface area (Å²) in [6.07, 6.45) is 0.796.